The molecule has 0 atom stereocenters. The molecule has 100 heavy (non-hydrogen) atoms. The molecule has 0 bridgehead atoms. The standard InChI is InChI=1S/C96H53N3S/c97-54-56-38-49-86-83(50-56)91-73(33-17-37-87(91)100-86)82-53-81(69-30-13-24-57-20-7-9-26-65(57)69)94-74-34-16-32-71-67(46-47-77(90(71)74)96(94)92(82)72-31-14-25-58-21-8-10-27-66(58)72)62-42-48-85-80(51-62)70-28-11-12-36-84(70)99(85)64-43-39-60(40-44-64)78-52-79(59-18-3-1-4-19-59)93-76-45-41-63(55-98)68-29-15-35-75(89(68)76)95(93)88(78)61-22-5-2-6-23-61/h1-53H. The van der Waals surface area contributed by atoms with E-state index in [1.165, 1.54) is 126 Å². The van der Waals surface area contributed by atoms with E-state index in [4.69, 9.17) is 0 Å². The van der Waals surface area contributed by atoms with Crippen LogP contribution in [0.1, 0.15) is 11.1 Å². The molecule has 0 radical (unpaired) electrons. The number of nitriles is 2. The van der Waals surface area contributed by atoms with Crippen LogP contribution in [0.2, 0.25) is 0 Å². The van der Waals surface area contributed by atoms with Crippen LogP contribution in [0.15, 0.2) is 322 Å². The summed E-state index contributed by atoms with van der Waals surface area (Å²) in [4.78, 5) is 0. The van der Waals surface area contributed by atoms with Gasteiger partial charge in [0.25, 0.3) is 0 Å². The van der Waals surface area contributed by atoms with Crippen molar-refractivity contribution in [3.05, 3.63) is 333 Å². The lowest BCUT2D eigenvalue weighted by atomic mass is 9.80. The zero-order valence-corrected chi connectivity index (χ0v) is 54.7. The lowest BCUT2D eigenvalue weighted by Gasteiger charge is -2.23. The maximum Gasteiger partial charge on any atom is 0.0998 e. The zero-order chi connectivity index (χ0) is 65.8. The fourth-order valence-electron chi connectivity index (χ4n) is 17.4. The third-order valence-corrected chi connectivity index (χ3v) is 22.7. The molecule has 0 unspecified atom stereocenters. The van der Waals surface area contributed by atoms with E-state index < -0.39 is 0 Å². The van der Waals surface area contributed by atoms with Gasteiger partial charge in [0.1, 0.15) is 0 Å². The second kappa shape index (κ2) is 21.6. The summed E-state index contributed by atoms with van der Waals surface area (Å²) in [5.74, 6) is 0. The molecular weight excluding hydrogens is 1230 g/mol. The van der Waals surface area contributed by atoms with Crippen molar-refractivity contribution in [2.24, 2.45) is 0 Å². The molecule has 458 valence electrons. The van der Waals surface area contributed by atoms with Crippen molar-refractivity contribution in [1.82, 2.24) is 4.57 Å². The maximum absolute atomic E-state index is 10.4. The topological polar surface area (TPSA) is 52.5 Å². The van der Waals surface area contributed by atoms with Gasteiger partial charge in [-0.3, -0.25) is 0 Å². The Bertz CT molecular complexity index is 6880. The first kappa shape index (κ1) is 56.0. The molecule has 3 nitrogen and oxygen atoms in total. The Kier molecular flexibility index (Phi) is 12.1. The molecule has 0 fully saturated rings. The van der Waals surface area contributed by atoms with Gasteiger partial charge in [-0.1, -0.05) is 249 Å². The smallest absolute Gasteiger partial charge is 0.0998 e. The Labute approximate surface area is 580 Å². The average Bonchev–Trinajstić information content (AvgIpc) is 1.49. The van der Waals surface area contributed by atoms with Crippen LogP contribution in [0, 0.1) is 22.7 Å². The Hall–Kier alpha value is -13.2. The largest absolute Gasteiger partial charge is 0.309 e. The number of rotatable bonds is 8. The van der Waals surface area contributed by atoms with E-state index in [0.717, 1.165) is 87.7 Å². The minimum atomic E-state index is 0.655. The number of hydrogen-bond donors (Lipinski definition) is 0. The van der Waals surface area contributed by atoms with Gasteiger partial charge in [-0.05, 0) is 233 Å². The molecule has 2 heterocycles. The van der Waals surface area contributed by atoms with Gasteiger partial charge >= 0.3 is 0 Å². The molecule has 17 aromatic carbocycles. The molecule has 2 aliphatic carbocycles. The van der Waals surface area contributed by atoms with Crippen LogP contribution < -0.4 is 0 Å². The Morgan fingerprint density at radius 3 is 1.53 bits per heavy atom. The van der Waals surface area contributed by atoms with Crippen molar-refractivity contribution in [2.45, 2.75) is 0 Å². The summed E-state index contributed by atoms with van der Waals surface area (Å²) in [7, 11) is 0. The summed E-state index contributed by atoms with van der Waals surface area (Å²) in [5, 5.41) is 34.7. The second-order valence-corrected chi connectivity index (χ2v) is 27.7. The first-order chi connectivity index (χ1) is 49.5. The third kappa shape index (κ3) is 8.06. The van der Waals surface area contributed by atoms with Crippen molar-refractivity contribution < 1.29 is 0 Å². The minimum absolute atomic E-state index is 0.655. The highest BCUT2D eigenvalue weighted by Gasteiger charge is 2.35. The van der Waals surface area contributed by atoms with E-state index in [1.807, 2.05) is 12.1 Å². The summed E-state index contributed by atoms with van der Waals surface area (Å²) >= 11 is 1.79. The normalized spacial score (nSPS) is 12.0. The number of fused-ring (bicyclic) bond motifs is 14. The first-order valence-corrected chi connectivity index (χ1v) is 34.9. The lowest BCUT2D eigenvalue weighted by Crippen LogP contribution is -1.96. The molecular formula is C96H53N3S. The number of nitrogens with zero attached hydrogens (tertiary/aromatic N) is 3. The van der Waals surface area contributed by atoms with Gasteiger partial charge in [0.15, 0.2) is 0 Å². The number of hydrogen-bond acceptors (Lipinski definition) is 3. The molecule has 21 rings (SSSR count). The summed E-state index contributed by atoms with van der Waals surface area (Å²) in [5.41, 5.74) is 30.6. The van der Waals surface area contributed by atoms with Gasteiger partial charge in [-0.15, -0.1) is 11.3 Å². The van der Waals surface area contributed by atoms with E-state index in [9.17, 15) is 10.5 Å². The van der Waals surface area contributed by atoms with E-state index >= 15 is 0 Å². The average molecular weight is 1280 g/mol. The molecule has 0 saturated heterocycles. The Balaban J connectivity index is 0.757. The monoisotopic (exact) mass is 1280 g/mol. The highest BCUT2D eigenvalue weighted by Crippen LogP contribution is 2.62. The number of para-hydroxylation sites is 1. The molecule has 0 N–H and O–H groups in total. The van der Waals surface area contributed by atoms with Crippen LogP contribution in [0.5, 0.6) is 0 Å². The molecule has 0 saturated carbocycles. The number of aromatic nitrogens is 1. The highest BCUT2D eigenvalue weighted by atomic mass is 32.1. The van der Waals surface area contributed by atoms with E-state index in [0.29, 0.717) is 11.1 Å². The van der Waals surface area contributed by atoms with E-state index in [-0.39, 0.29) is 0 Å². The van der Waals surface area contributed by atoms with Gasteiger partial charge < -0.3 is 4.57 Å². The summed E-state index contributed by atoms with van der Waals surface area (Å²) in [6, 6.07) is 123. The molecule has 19 aromatic rings. The van der Waals surface area contributed by atoms with Crippen molar-refractivity contribution in [3.8, 4) is 140 Å². The maximum atomic E-state index is 10.4. The Morgan fingerprint density at radius 2 is 0.750 bits per heavy atom. The quantitative estimate of drug-likeness (QED) is 0.152. The van der Waals surface area contributed by atoms with Gasteiger partial charge in [-0.2, -0.15) is 10.5 Å². The van der Waals surface area contributed by atoms with E-state index in [1.54, 1.807) is 11.3 Å². The summed E-state index contributed by atoms with van der Waals surface area (Å²) < 4.78 is 4.79. The van der Waals surface area contributed by atoms with Crippen LogP contribution in [-0.2, 0) is 0 Å². The molecule has 2 aliphatic rings. The van der Waals surface area contributed by atoms with Crippen molar-refractivity contribution >= 4 is 96.4 Å². The third-order valence-electron chi connectivity index (χ3n) is 21.6. The molecule has 4 heteroatoms. The van der Waals surface area contributed by atoms with Gasteiger partial charge in [-0.25, -0.2) is 0 Å². The fraction of sp³-hybridized carbons (Fsp3) is 0. The summed E-state index contributed by atoms with van der Waals surface area (Å²) in [6.45, 7) is 0. The lowest BCUT2D eigenvalue weighted by molar-refractivity contribution is 1.18. The van der Waals surface area contributed by atoms with Crippen molar-refractivity contribution in [3.63, 3.8) is 0 Å². The van der Waals surface area contributed by atoms with Crippen molar-refractivity contribution in [2.75, 3.05) is 0 Å². The van der Waals surface area contributed by atoms with Gasteiger partial charge in [0, 0.05) is 42.0 Å². The van der Waals surface area contributed by atoms with Crippen LogP contribution in [0.25, 0.3) is 213 Å². The molecule has 0 spiro atoms. The molecule has 0 aliphatic heterocycles. The first-order valence-electron chi connectivity index (χ1n) is 34.1. The zero-order valence-electron chi connectivity index (χ0n) is 53.8. The SMILES string of the molecule is N#Cc1ccc2sc3cccc(-c4cc(-c5cccc6ccccc56)c5c(c4-c4cccc6ccccc46)-c4ccc(-c6ccc7c(c6)c6ccccc6n7-c6ccc(-c7cc(-c8ccccc8)c8c(c7-c7ccccc7)-c7cccc9c(C#N)ccc-8c79)cc6)c6cccc-5c46)c3c2c1. The van der Waals surface area contributed by atoms with Crippen LogP contribution in [0.4, 0.5) is 0 Å². The van der Waals surface area contributed by atoms with Crippen LogP contribution in [-0.4, -0.2) is 4.57 Å². The van der Waals surface area contributed by atoms with Crippen LogP contribution >= 0.6 is 11.3 Å². The predicted octanol–water partition coefficient (Wildman–Crippen LogP) is 26.5. The number of thiophene rings is 1. The minimum Gasteiger partial charge on any atom is -0.309 e. The van der Waals surface area contributed by atoms with Crippen molar-refractivity contribution in [1.29, 1.82) is 10.5 Å². The summed E-state index contributed by atoms with van der Waals surface area (Å²) in [6.07, 6.45) is 0. The molecule has 0 amide bonds. The second-order valence-electron chi connectivity index (χ2n) is 26.6. The highest BCUT2D eigenvalue weighted by molar-refractivity contribution is 7.26. The van der Waals surface area contributed by atoms with E-state index in [2.05, 4.69) is 326 Å². The van der Waals surface area contributed by atoms with Gasteiger partial charge in [0.2, 0.25) is 0 Å². The number of benzene rings is 17. The fourth-order valence-corrected chi connectivity index (χ4v) is 18.5. The predicted molar refractivity (Wildman–Crippen MR) is 420 cm³/mol. The molecule has 2 aromatic heterocycles. The van der Waals surface area contributed by atoms with Crippen LogP contribution in [0.3, 0.4) is 0 Å². The van der Waals surface area contributed by atoms with Gasteiger partial charge in [0.05, 0.1) is 34.3 Å². The Morgan fingerprint density at radius 1 is 0.240 bits per heavy atom.